The zero-order valence-electron chi connectivity index (χ0n) is 16.2. The van der Waals surface area contributed by atoms with Crippen LogP contribution >= 0.6 is 11.8 Å². The zero-order valence-corrected chi connectivity index (χ0v) is 17.0. The molecule has 0 saturated carbocycles. The summed E-state index contributed by atoms with van der Waals surface area (Å²) in [6.45, 7) is 10.2. The number of thioether (sulfide) groups is 1. The monoisotopic (exact) mass is 379 g/mol. The molecule has 1 aliphatic rings. The van der Waals surface area contributed by atoms with Gasteiger partial charge < -0.3 is 15.2 Å². The summed E-state index contributed by atoms with van der Waals surface area (Å²) in [5, 5.41) is 3.31. The Balaban J connectivity index is 2.22. The van der Waals surface area contributed by atoms with E-state index in [4.69, 9.17) is 20.2 Å². The Labute approximate surface area is 159 Å². The van der Waals surface area contributed by atoms with Crippen LogP contribution in [0.1, 0.15) is 53.0 Å². The average molecular weight is 380 g/mol. The molecular formula is C19H29N3O3S. The number of ether oxygens (including phenoxy) is 2. The van der Waals surface area contributed by atoms with Crippen molar-refractivity contribution in [2.75, 3.05) is 18.1 Å². The maximum atomic E-state index is 12.0. The number of rotatable bonds is 4. The van der Waals surface area contributed by atoms with Crippen LogP contribution in [-0.4, -0.2) is 29.2 Å². The molecule has 0 spiro atoms. The van der Waals surface area contributed by atoms with Crippen molar-refractivity contribution in [1.82, 2.24) is 5.32 Å². The van der Waals surface area contributed by atoms with E-state index in [1.165, 1.54) is 11.8 Å². The van der Waals surface area contributed by atoms with Crippen LogP contribution < -0.4 is 15.8 Å². The fourth-order valence-corrected chi connectivity index (χ4v) is 3.67. The predicted molar refractivity (Wildman–Crippen MR) is 108 cm³/mol. The second-order valence-electron chi connectivity index (χ2n) is 7.56. The maximum Gasteiger partial charge on any atom is 0.413 e. The molecule has 0 fully saturated rings. The van der Waals surface area contributed by atoms with Crippen LogP contribution in [0.25, 0.3) is 0 Å². The summed E-state index contributed by atoms with van der Waals surface area (Å²) in [5.74, 6) is 1.59. The van der Waals surface area contributed by atoms with Gasteiger partial charge in [0.25, 0.3) is 0 Å². The first-order valence-electron chi connectivity index (χ1n) is 8.88. The Morgan fingerprint density at radius 2 is 2.12 bits per heavy atom. The highest BCUT2D eigenvalue weighted by Gasteiger charge is 2.32. The van der Waals surface area contributed by atoms with E-state index in [1.54, 1.807) is 0 Å². The Kier molecular flexibility index (Phi) is 6.44. The number of nitrogens with one attached hydrogen (secondary N) is 1. The van der Waals surface area contributed by atoms with Crippen LogP contribution in [0.4, 0.5) is 10.5 Å². The molecule has 6 nitrogen and oxygen atoms in total. The van der Waals surface area contributed by atoms with Crippen molar-refractivity contribution in [3.05, 3.63) is 23.8 Å². The van der Waals surface area contributed by atoms with Gasteiger partial charge in [0.2, 0.25) is 0 Å². The van der Waals surface area contributed by atoms with Gasteiger partial charge in [-0.15, -0.1) is 0 Å². The van der Waals surface area contributed by atoms with Crippen molar-refractivity contribution < 1.29 is 14.3 Å². The van der Waals surface area contributed by atoms with Gasteiger partial charge in [0.05, 0.1) is 12.1 Å². The number of alkyl carbamates (subject to hydrolysis) is 1. The number of amidine groups is 1. The number of nitrogens with zero attached hydrogens (tertiary/aromatic N) is 1. The number of amides is 1. The number of benzene rings is 1. The molecule has 0 radical (unpaired) electrons. The molecule has 0 aliphatic carbocycles. The summed E-state index contributed by atoms with van der Waals surface area (Å²) in [6, 6.07) is 5.73. The minimum absolute atomic E-state index is 0.477. The second-order valence-corrected chi connectivity index (χ2v) is 8.64. The standard InChI is InChI=1S/C19H29N3O3S/c1-6-8-24-15-11-13(10-14(20)12-15)19(5)7-9-26-16(22-19)21-17(23)25-18(2,3)4/h10-12H,6-9,20H2,1-5H3,(H,21,22,23). The van der Waals surface area contributed by atoms with Crippen molar-refractivity contribution in [3.63, 3.8) is 0 Å². The first kappa shape index (κ1) is 20.4. The fraction of sp³-hybridized carbons (Fsp3) is 0.579. The van der Waals surface area contributed by atoms with Gasteiger partial charge in [0.15, 0.2) is 5.17 Å². The summed E-state index contributed by atoms with van der Waals surface area (Å²) in [4.78, 5) is 16.8. The van der Waals surface area contributed by atoms with E-state index in [2.05, 4.69) is 12.2 Å². The number of hydrogen-bond acceptors (Lipinski definition) is 6. The van der Waals surface area contributed by atoms with Crippen molar-refractivity contribution >= 4 is 28.7 Å². The summed E-state index contributed by atoms with van der Waals surface area (Å²) in [7, 11) is 0. The lowest BCUT2D eigenvalue weighted by atomic mass is 9.89. The average Bonchev–Trinajstić information content (AvgIpc) is 2.50. The number of anilines is 1. The van der Waals surface area contributed by atoms with Gasteiger partial charge in [-0.25, -0.2) is 4.79 Å². The lowest BCUT2D eigenvalue weighted by molar-refractivity contribution is 0.0564. The molecule has 144 valence electrons. The first-order valence-corrected chi connectivity index (χ1v) is 9.86. The molecule has 2 rings (SSSR count). The third kappa shape index (κ3) is 5.83. The van der Waals surface area contributed by atoms with Crippen LogP contribution in [0.15, 0.2) is 23.2 Å². The van der Waals surface area contributed by atoms with E-state index in [-0.39, 0.29) is 0 Å². The lowest BCUT2D eigenvalue weighted by Gasteiger charge is -2.31. The van der Waals surface area contributed by atoms with Gasteiger partial charge in [-0.05, 0) is 58.2 Å². The van der Waals surface area contributed by atoms with E-state index < -0.39 is 17.2 Å². The Morgan fingerprint density at radius 3 is 2.77 bits per heavy atom. The molecule has 3 N–H and O–H groups in total. The fourth-order valence-electron chi connectivity index (χ4n) is 2.56. The number of nitrogen functional groups attached to an aromatic ring is 1. The Bertz CT molecular complexity index is 685. The van der Waals surface area contributed by atoms with Crippen LogP contribution in [0.2, 0.25) is 0 Å². The van der Waals surface area contributed by atoms with Crippen molar-refractivity contribution in [3.8, 4) is 5.75 Å². The molecular weight excluding hydrogens is 350 g/mol. The molecule has 0 saturated heterocycles. The maximum absolute atomic E-state index is 12.0. The van der Waals surface area contributed by atoms with Crippen molar-refractivity contribution in [2.45, 2.75) is 58.6 Å². The van der Waals surface area contributed by atoms with E-state index in [0.717, 1.165) is 29.9 Å². The predicted octanol–water partition coefficient (Wildman–Crippen LogP) is 4.29. The van der Waals surface area contributed by atoms with E-state index in [9.17, 15) is 4.79 Å². The third-order valence-corrected chi connectivity index (χ3v) is 4.68. The number of carbonyl (C=O) groups is 1. The molecule has 1 aromatic carbocycles. The van der Waals surface area contributed by atoms with Crippen LogP contribution in [-0.2, 0) is 10.3 Å². The highest BCUT2D eigenvalue weighted by atomic mass is 32.2. The minimum atomic E-state index is -0.549. The van der Waals surface area contributed by atoms with Crippen LogP contribution in [0.3, 0.4) is 0 Å². The van der Waals surface area contributed by atoms with Gasteiger partial charge in [0.1, 0.15) is 11.4 Å². The zero-order chi connectivity index (χ0) is 19.4. The Hall–Kier alpha value is -1.89. The molecule has 0 bridgehead atoms. The molecule has 0 aromatic heterocycles. The van der Waals surface area contributed by atoms with E-state index >= 15 is 0 Å². The highest BCUT2D eigenvalue weighted by Crippen LogP contribution is 2.38. The molecule has 1 aromatic rings. The largest absolute Gasteiger partial charge is 0.494 e. The highest BCUT2D eigenvalue weighted by molar-refractivity contribution is 8.13. The van der Waals surface area contributed by atoms with Gasteiger partial charge in [-0.1, -0.05) is 18.7 Å². The van der Waals surface area contributed by atoms with Gasteiger partial charge in [-0.2, -0.15) is 0 Å². The van der Waals surface area contributed by atoms with E-state index in [1.807, 2.05) is 45.9 Å². The minimum Gasteiger partial charge on any atom is -0.494 e. The van der Waals surface area contributed by atoms with Crippen LogP contribution in [0.5, 0.6) is 5.75 Å². The summed E-state index contributed by atoms with van der Waals surface area (Å²) in [6.07, 6.45) is 1.28. The van der Waals surface area contributed by atoms with Crippen molar-refractivity contribution in [2.24, 2.45) is 4.99 Å². The number of hydrogen-bond donors (Lipinski definition) is 2. The second kappa shape index (κ2) is 8.20. The summed E-state index contributed by atoms with van der Waals surface area (Å²) >= 11 is 1.51. The normalized spacial score (nSPS) is 20.3. The molecule has 1 heterocycles. The van der Waals surface area contributed by atoms with Crippen LogP contribution in [0, 0.1) is 0 Å². The lowest BCUT2D eigenvalue weighted by Crippen LogP contribution is -2.38. The molecule has 1 unspecified atom stereocenters. The topological polar surface area (TPSA) is 85.9 Å². The molecule has 1 amide bonds. The quantitative estimate of drug-likeness (QED) is 0.762. The summed E-state index contributed by atoms with van der Waals surface area (Å²) in [5.41, 5.74) is 6.65. The van der Waals surface area contributed by atoms with Gasteiger partial charge in [0, 0.05) is 17.5 Å². The number of aliphatic imine (C=N–C) groups is 1. The summed E-state index contributed by atoms with van der Waals surface area (Å²) < 4.78 is 11.0. The first-order chi connectivity index (χ1) is 12.1. The smallest absolute Gasteiger partial charge is 0.413 e. The molecule has 1 aliphatic heterocycles. The Morgan fingerprint density at radius 1 is 1.38 bits per heavy atom. The molecule has 7 heteroatoms. The third-order valence-electron chi connectivity index (χ3n) is 3.81. The van der Waals surface area contributed by atoms with E-state index in [0.29, 0.717) is 17.5 Å². The molecule has 26 heavy (non-hydrogen) atoms. The van der Waals surface area contributed by atoms with Gasteiger partial charge in [-0.3, -0.25) is 10.3 Å². The number of nitrogens with two attached hydrogens (primary N) is 1. The SMILES string of the molecule is CCCOc1cc(N)cc(C2(C)CCSC(NC(=O)OC(C)(C)C)=N2)c1. The van der Waals surface area contributed by atoms with Gasteiger partial charge >= 0.3 is 6.09 Å². The van der Waals surface area contributed by atoms with Crippen molar-refractivity contribution in [1.29, 1.82) is 0 Å². The molecule has 1 atom stereocenters. The number of carbonyl (C=O) groups excluding carboxylic acids is 1.